The smallest absolute Gasteiger partial charge is 0.221 e. The number of hydrogen-bond donors (Lipinski definition) is 2. The van der Waals surface area contributed by atoms with E-state index >= 15 is 0 Å². The number of thiocarbonyl (C=S) groups is 1. The summed E-state index contributed by atoms with van der Waals surface area (Å²) >= 11 is 4.94. The van der Waals surface area contributed by atoms with Crippen molar-refractivity contribution >= 4 is 28.9 Å². The van der Waals surface area contributed by atoms with Crippen LogP contribution in [0.4, 0.5) is 5.82 Å². The van der Waals surface area contributed by atoms with E-state index in [4.69, 9.17) is 18.0 Å². The Bertz CT molecular complexity index is 450. The summed E-state index contributed by atoms with van der Waals surface area (Å²) in [6.45, 7) is 1.87. The lowest BCUT2D eigenvalue weighted by atomic mass is 10.3. The molecule has 0 saturated carbocycles. The summed E-state index contributed by atoms with van der Waals surface area (Å²) in [6.07, 6.45) is 3.59. The van der Waals surface area contributed by atoms with Crippen molar-refractivity contribution in [3.8, 4) is 0 Å². The quantitative estimate of drug-likeness (QED) is 0.685. The SMILES string of the molecule is NC(=S)c1nccnc1N1CCNC(=O)CC1. The molecule has 1 saturated heterocycles. The molecule has 1 amide bonds. The summed E-state index contributed by atoms with van der Waals surface area (Å²) in [6, 6.07) is 0. The highest BCUT2D eigenvalue weighted by atomic mass is 32.1. The predicted molar refractivity (Wildman–Crippen MR) is 67.8 cm³/mol. The molecule has 6 nitrogen and oxygen atoms in total. The zero-order chi connectivity index (χ0) is 12.3. The van der Waals surface area contributed by atoms with Gasteiger partial charge in [0.15, 0.2) is 5.82 Å². The van der Waals surface area contributed by atoms with Crippen LogP contribution >= 0.6 is 12.2 Å². The fourth-order valence-electron chi connectivity index (χ4n) is 1.71. The van der Waals surface area contributed by atoms with Crippen molar-refractivity contribution in [3.05, 3.63) is 18.1 Å². The van der Waals surface area contributed by atoms with E-state index in [9.17, 15) is 4.79 Å². The predicted octanol–water partition coefficient (Wildman–Crippen LogP) is -0.563. The van der Waals surface area contributed by atoms with Gasteiger partial charge in [-0.25, -0.2) is 9.97 Å². The Labute approximate surface area is 104 Å². The number of carbonyl (C=O) groups is 1. The van der Waals surface area contributed by atoms with Gasteiger partial charge in [-0.15, -0.1) is 0 Å². The van der Waals surface area contributed by atoms with Gasteiger partial charge in [0.1, 0.15) is 10.7 Å². The van der Waals surface area contributed by atoms with Crippen molar-refractivity contribution < 1.29 is 4.79 Å². The highest BCUT2D eigenvalue weighted by Gasteiger charge is 2.19. The second kappa shape index (κ2) is 5.05. The molecule has 1 aromatic heterocycles. The average Bonchev–Trinajstić information content (AvgIpc) is 2.54. The van der Waals surface area contributed by atoms with Crippen molar-refractivity contribution in [2.24, 2.45) is 5.73 Å². The van der Waals surface area contributed by atoms with Crippen LogP contribution in [-0.4, -0.2) is 40.5 Å². The van der Waals surface area contributed by atoms with Crippen LogP contribution in [0.25, 0.3) is 0 Å². The maximum absolute atomic E-state index is 11.3. The molecule has 0 aliphatic carbocycles. The Kier molecular flexibility index (Phi) is 3.48. The maximum atomic E-state index is 11.3. The normalized spacial score (nSPS) is 16.2. The Hall–Kier alpha value is -1.76. The zero-order valence-corrected chi connectivity index (χ0v) is 10.0. The second-order valence-corrected chi connectivity index (χ2v) is 4.12. The first-order valence-corrected chi connectivity index (χ1v) is 5.72. The van der Waals surface area contributed by atoms with Gasteiger partial charge in [-0.2, -0.15) is 0 Å². The fourth-order valence-corrected chi connectivity index (χ4v) is 1.86. The molecule has 17 heavy (non-hydrogen) atoms. The zero-order valence-electron chi connectivity index (χ0n) is 9.22. The van der Waals surface area contributed by atoms with Gasteiger partial charge < -0.3 is 16.0 Å². The Morgan fingerprint density at radius 1 is 1.41 bits per heavy atom. The number of aromatic nitrogens is 2. The number of nitrogens with zero attached hydrogens (tertiary/aromatic N) is 3. The van der Waals surface area contributed by atoms with E-state index in [-0.39, 0.29) is 10.9 Å². The van der Waals surface area contributed by atoms with Gasteiger partial charge in [0.05, 0.1) is 0 Å². The molecule has 1 aliphatic heterocycles. The topological polar surface area (TPSA) is 84.1 Å². The van der Waals surface area contributed by atoms with E-state index in [0.29, 0.717) is 37.6 Å². The molecule has 0 bridgehead atoms. The highest BCUT2D eigenvalue weighted by molar-refractivity contribution is 7.80. The van der Waals surface area contributed by atoms with Gasteiger partial charge in [0.25, 0.3) is 0 Å². The van der Waals surface area contributed by atoms with E-state index in [0.717, 1.165) is 0 Å². The van der Waals surface area contributed by atoms with Crippen LogP contribution in [0.2, 0.25) is 0 Å². The first-order valence-electron chi connectivity index (χ1n) is 5.31. The number of rotatable bonds is 2. The van der Waals surface area contributed by atoms with E-state index in [1.54, 1.807) is 12.4 Å². The lowest BCUT2D eigenvalue weighted by Crippen LogP contribution is -2.31. The molecule has 0 unspecified atom stereocenters. The van der Waals surface area contributed by atoms with Gasteiger partial charge >= 0.3 is 0 Å². The summed E-state index contributed by atoms with van der Waals surface area (Å²) in [5.74, 6) is 0.699. The van der Waals surface area contributed by atoms with Crippen LogP contribution < -0.4 is 16.0 Å². The van der Waals surface area contributed by atoms with E-state index < -0.39 is 0 Å². The van der Waals surface area contributed by atoms with Crippen LogP contribution in [-0.2, 0) is 4.79 Å². The molecule has 2 heterocycles. The molecule has 1 aromatic rings. The molecule has 1 fully saturated rings. The first-order chi connectivity index (χ1) is 8.18. The van der Waals surface area contributed by atoms with Crippen LogP contribution in [0.15, 0.2) is 12.4 Å². The minimum atomic E-state index is 0.0493. The molecule has 90 valence electrons. The van der Waals surface area contributed by atoms with Crippen LogP contribution in [0.1, 0.15) is 12.1 Å². The van der Waals surface area contributed by atoms with Crippen molar-refractivity contribution in [2.75, 3.05) is 24.5 Å². The van der Waals surface area contributed by atoms with E-state index in [2.05, 4.69) is 15.3 Å². The van der Waals surface area contributed by atoms with E-state index in [1.807, 2.05) is 4.90 Å². The molecule has 7 heteroatoms. The molecular weight excluding hydrogens is 238 g/mol. The maximum Gasteiger partial charge on any atom is 0.221 e. The first kappa shape index (κ1) is 11.7. The molecule has 0 radical (unpaired) electrons. The third-order valence-electron chi connectivity index (χ3n) is 2.52. The largest absolute Gasteiger partial charge is 0.388 e. The fraction of sp³-hybridized carbons (Fsp3) is 0.400. The van der Waals surface area contributed by atoms with Gasteiger partial charge in [0, 0.05) is 38.4 Å². The summed E-state index contributed by atoms with van der Waals surface area (Å²) in [7, 11) is 0. The van der Waals surface area contributed by atoms with Crippen LogP contribution in [0.3, 0.4) is 0 Å². The molecular formula is C10H13N5OS. The minimum absolute atomic E-state index is 0.0493. The monoisotopic (exact) mass is 251 g/mol. The summed E-state index contributed by atoms with van der Waals surface area (Å²) in [4.78, 5) is 21.8. The Balaban J connectivity index is 2.26. The Morgan fingerprint density at radius 3 is 2.94 bits per heavy atom. The van der Waals surface area contributed by atoms with Gasteiger partial charge in [-0.3, -0.25) is 4.79 Å². The lowest BCUT2D eigenvalue weighted by molar-refractivity contribution is -0.120. The van der Waals surface area contributed by atoms with Gasteiger partial charge in [-0.05, 0) is 0 Å². The molecule has 0 atom stereocenters. The molecule has 3 N–H and O–H groups in total. The average molecular weight is 251 g/mol. The summed E-state index contributed by atoms with van der Waals surface area (Å²) in [5.41, 5.74) is 6.12. The lowest BCUT2D eigenvalue weighted by Gasteiger charge is -2.22. The Morgan fingerprint density at radius 2 is 2.18 bits per heavy atom. The summed E-state index contributed by atoms with van der Waals surface area (Å²) in [5, 5.41) is 2.80. The number of nitrogens with two attached hydrogens (primary N) is 1. The number of carbonyl (C=O) groups excluding carboxylic acids is 1. The molecule has 1 aliphatic rings. The van der Waals surface area contributed by atoms with E-state index in [1.165, 1.54) is 0 Å². The standard InChI is InChI=1S/C10H13N5OS/c11-9(17)8-10(14-3-2-13-8)15-5-1-7(16)12-4-6-15/h2-3H,1,4-6H2,(H2,11,17)(H,12,16). The molecule has 2 rings (SSSR count). The van der Waals surface area contributed by atoms with Crippen molar-refractivity contribution in [3.63, 3.8) is 0 Å². The third-order valence-corrected chi connectivity index (χ3v) is 2.72. The third kappa shape index (κ3) is 2.68. The number of nitrogens with one attached hydrogen (secondary N) is 1. The summed E-state index contributed by atoms with van der Waals surface area (Å²) < 4.78 is 0. The van der Waals surface area contributed by atoms with Gasteiger partial charge in [0.2, 0.25) is 5.91 Å². The highest BCUT2D eigenvalue weighted by Crippen LogP contribution is 2.15. The minimum Gasteiger partial charge on any atom is -0.388 e. The molecule has 0 aromatic carbocycles. The van der Waals surface area contributed by atoms with Crippen LogP contribution in [0.5, 0.6) is 0 Å². The number of amides is 1. The second-order valence-electron chi connectivity index (χ2n) is 3.68. The number of anilines is 1. The van der Waals surface area contributed by atoms with Gasteiger partial charge in [-0.1, -0.05) is 12.2 Å². The van der Waals surface area contributed by atoms with Crippen molar-refractivity contribution in [1.29, 1.82) is 0 Å². The number of hydrogen-bond acceptors (Lipinski definition) is 5. The molecule has 0 spiro atoms. The van der Waals surface area contributed by atoms with Crippen molar-refractivity contribution in [1.82, 2.24) is 15.3 Å². The van der Waals surface area contributed by atoms with Crippen molar-refractivity contribution in [2.45, 2.75) is 6.42 Å². The van der Waals surface area contributed by atoms with Crippen LogP contribution in [0, 0.1) is 0 Å².